The van der Waals surface area contributed by atoms with Crippen molar-refractivity contribution in [1.82, 2.24) is 14.3 Å². The van der Waals surface area contributed by atoms with Crippen LogP contribution in [-0.4, -0.2) is 66.3 Å². The van der Waals surface area contributed by atoms with Crippen LogP contribution < -0.4 is 4.90 Å². The molecule has 7 nitrogen and oxygen atoms in total. The van der Waals surface area contributed by atoms with Crippen molar-refractivity contribution in [2.24, 2.45) is 0 Å². The molecule has 0 N–H and O–H groups in total. The first-order valence-electron chi connectivity index (χ1n) is 8.13. The molecule has 3 aliphatic rings. The van der Waals surface area contributed by atoms with Gasteiger partial charge in [-0.05, 0) is 25.3 Å². The Morgan fingerprint density at radius 1 is 1.35 bits per heavy atom. The molecule has 2 saturated heterocycles. The Bertz CT molecular complexity index is 679. The fourth-order valence-electron chi connectivity index (χ4n) is 3.59. The first kappa shape index (κ1) is 15.3. The molecule has 0 unspecified atom stereocenters. The van der Waals surface area contributed by atoms with Gasteiger partial charge in [0.25, 0.3) is 0 Å². The van der Waals surface area contributed by atoms with Crippen molar-refractivity contribution in [2.75, 3.05) is 31.6 Å². The van der Waals surface area contributed by atoms with Crippen LogP contribution in [0.25, 0.3) is 0 Å². The highest BCUT2D eigenvalue weighted by Gasteiger charge is 2.52. The topological polar surface area (TPSA) is 75.6 Å². The van der Waals surface area contributed by atoms with E-state index in [4.69, 9.17) is 4.74 Å². The highest BCUT2D eigenvalue weighted by Crippen LogP contribution is 2.41. The standard InChI is InChI=1S/C15H22N4O3S/c1-18(14-16-6-2-7-17-14)12-9-15(22-10-12)5-8-19(11-15)23(20,21)13-3-4-13/h2,6-7,12-13H,3-5,8-11H2,1H3/t12-,15+/m1/s1. The molecule has 2 aliphatic heterocycles. The molecule has 8 heteroatoms. The summed E-state index contributed by atoms with van der Waals surface area (Å²) < 4.78 is 32.5. The highest BCUT2D eigenvalue weighted by molar-refractivity contribution is 7.90. The summed E-state index contributed by atoms with van der Waals surface area (Å²) in [5, 5.41) is -0.143. The van der Waals surface area contributed by atoms with E-state index in [1.54, 1.807) is 22.8 Å². The summed E-state index contributed by atoms with van der Waals surface area (Å²) in [5.74, 6) is 0.679. The lowest BCUT2D eigenvalue weighted by molar-refractivity contribution is 0.0171. The molecule has 3 fully saturated rings. The average molecular weight is 338 g/mol. The van der Waals surface area contributed by atoms with Crippen LogP contribution in [0.2, 0.25) is 0 Å². The van der Waals surface area contributed by atoms with E-state index in [9.17, 15) is 8.42 Å². The van der Waals surface area contributed by atoms with Crippen LogP contribution in [0, 0.1) is 0 Å². The van der Waals surface area contributed by atoms with Gasteiger partial charge in [0.05, 0.1) is 23.5 Å². The van der Waals surface area contributed by atoms with Gasteiger partial charge in [0, 0.05) is 39.0 Å². The van der Waals surface area contributed by atoms with E-state index in [-0.39, 0.29) is 16.9 Å². The second kappa shape index (κ2) is 5.39. The average Bonchev–Trinajstić information content (AvgIpc) is 3.24. The van der Waals surface area contributed by atoms with Gasteiger partial charge in [0.2, 0.25) is 16.0 Å². The summed E-state index contributed by atoms with van der Waals surface area (Å²) in [6, 6.07) is 1.97. The predicted molar refractivity (Wildman–Crippen MR) is 85.7 cm³/mol. The molecule has 3 heterocycles. The molecule has 1 saturated carbocycles. The van der Waals surface area contributed by atoms with Crippen molar-refractivity contribution in [3.8, 4) is 0 Å². The number of hydrogen-bond acceptors (Lipinski definition) is 6. The summed E-state index contributed by atoms with van der Waals surface area (Å²) in [6.45, 7) is 1.66. The molecule has 1 aromatic heterocycles. The summed E-state index contributed by atoms with van der Waals surface area (Å²) in [7, 11) is -1.14. The Labute approximate surface area is 136 Å². The monoisotopic (exact) mass is 338 g/mol. The Hall–Kier alpha value is -1.25. The SMILES string of the molecule is CN(c1ncccn1)[C@H]1CO[C@@]2(CCN(S(=O)(=O)C3CC3)C2)C1. The molecule has 0 amide bonds. The molecule has 1 spiro atoms. The summed E-state index contributed by atoms with van der Waals surface area (Å²) in [5.41, 5.74) is -0.338. The Morgan fingerprint density at radius 2 is 2.09 bits per heavy atom. The summed E-state index contributed by atoms with van der Waals surface area (Å²) in [6.07, 6.45) is 6.66. The smallest absolute Gasteiger partial charge is 0.225 e. The molecular formula is C15H22N4O3S. The maximum atomic E-state index is 12.4. The van der Waals surface area contributed by atoms with Crippen LogP contribution in [0.15, 0.2) is 18.5 Å². The number of sulfonamides is 1. The van der Waals surface area contributed by atoms with E-state index in [2.05, 4.69) is 9.97 Å². The lowest BCUT2D eigenvalue weighted by Crippen LogP contribution is -2.39. The van der Waals surface area contributed by atoms with Gasteiger partial charge in [-0.15, -0.1) is 0 Å². The van der Waals surface area contributed by atoms with Crippen LogP contribution in [0.4, 0.5) is 5.95 Å². The second-order valence-electron chi connectivity index (χ2n) is 6.84. The van der Waals surface area contributed by atoms with E-state index in [1.807, 2.05) is 11.9 Å². The van der Waals surface area contributed by atoms with Crippen LogP contribution in [0.5, 0.6) is 0 Å². The number of ether oxygens (including phenoxy) is 1. The van der Waals surface area contributed by atoms with Crippen LogP contribution in [-0.2, 0) is 14.8 Å². The van der Waals surface area contributed by atoms with Crippen LogP contribution >= 0.6 is 0 Å². The normalized spacial score (nSPS) is 31.8. The third-order valence-corrected chi connectivity index (χ3v) is 7.54. The van der Waals surface area contributed by atoms with Gasteiger partial charge in [-0.1, -0.05) is 0 Å². The minimum atomic E-state index is -3.10. The van der Waals surface area contributed by atoms with Crippen molar-refractivity contribution >= 4 is 16.0 Å². The fraction of sp³-hybridized carbons (Fsp3) is 0.733. The van der Waals surface area contributed by atoms with E-state index in [0.717, 1.165) is 25.7 Å². The molecule has 0 aromatic carbocycles. The van der Waals surface area contributed by atoms with Crippen molar-refractivity contribution in [3.05, 3.63) is 18.5 Å². The zero-order valence-electron chi connectivity index (χ0n) is 13.3. The molecule has 23 heavy (non-hydrogen) atoms. The molecule has 2 atom stereocenters. The van der Waals surface area contributed by atoms with Crippen molar-refractivity contribution in [2.45, 2.75) is 42.6 Å². The number of aromatic nitrogens is 2. The molecule has 126 valence electrons. The first-order chi connectivity index (χ1) is 11.0. The number of likely N-dealkylation sites (N-methyl/N-ethyl adjacent to an activating group) is 1. The van der Waals surface area contributed by atoms with Crippen molar-refractivity contribution < 1.29 is 13.2 Å². The minimum absolute atomic E-state index is 0.143. The predicted octanol–water partition coefficient (Wildman–Crippen LogP) is 0.638. The van der Waals surface area contributed by atoms with Crippen LogP contribution in [0.3, 0.4) is 0 Å². The van der Waals surface area contributed by atoms with E-state index >= 15 is 0 Å². The van der Waals surface area contributed by atoms with E-state index < -0.39 is 10.0 Å². The van der Waals surface area contributed by atoms with Gasteiger partial charge in [-0.3, -0.25) is 0 Å². The highest BCUT2D eigenvalue weighted by atomic mass is 32.2. The maximum absolute atomic E-state index is 12.4. The third kappa shape index (κ3) is 2.72. The van der Waals surface area contributed by atoms with Gasteiger partial charge in [-0.2, -0.15) is 4.31 Å². The van der Waals surface area contributed by atoms with E-state index in [0.29, 0.717) is 25.6 Å². The molecule has 0 bridgehead atoms. The number of rotatable bonds is 4. The number of hydrogen-bond donors (Lipinski definition) is 0. The largest absolute Gasteiger partial charge is 0.371 e. The van der Waals surface area contributed by atoms with Crippen molar-refractivity contribution in [3.63, 3.8) is 0 Å². The third-order valence-electron chi connectivity index (χ3n) is 5.19. The molecule has 4 rings (SSSR count). The minimum Gasteiger partial charge on any atom is -0.371 e. The van der Waals surface area contributed by atoms with Gasteiger partial charge >= 0.3 is 0 Å². The summed E-state index contributed by atoms with van der Waals surface area (Å²) in [4.78, 5) is 10.6. The number of nitrogens with zero attached hydrogens (tertiary/aromatic N) is 4. The van der Waals surface area contributed by atoms with Crippen LogP contribution in [0.1, 0.15) is 25.7 Å². The Balaban J connectivity index is 1.44. The lowest BCUT2D eigenvalue weighted by atomic mass is 9.97. The zero-order valence-corrected chi connectivity index (χ0v) is 14.1. The molecule has 1 aliphatic carbocycles. The summed E-state index contributed by atoms with van der Waals surface area (Å²) >= 11 is 0. The molecular weight excluding hydrogens is 316 g/mol. The van der Waals surface area contributed by atoms with Gasteiger partial charge in [0.15, 0.2) is 0 Å². The molecule has 1 aromatic rings. The number of anilines is 1. The Kier molecular flexibility index (Phi) is 3.58. The van der Waals surface area contributed by atoms with Crippen molar-refractivity contribution in [1.29, 1.82) is 0 Å². The fourth-order valence-corrected chi connectivity index (χ4v) is 5.51. The molecule has 0 radical (unpaired) electrons. The lowest BCUT2D eigenvalue weighted by Gasteiger charge is -2.26. The second-order valence-corrected chi connectivity index (χ2v) is 9.05. The zero-order chi connectivity index (χ0) is 16.1. The van der Waals surface area contributed by atoms with Gasteiger partial charge in [0.1, 0.15) is 0 Å². The van der Waals surface area contributed by atoms with E-state index in [1.165, 1.54) is 0 Å². The maximum Gasteiger partial charge on any atom is 0.225 e. The first-order valence-corrected chi connectivity index (χ1v) is 9.63. The quantitative estimate of drug-likeness (QED) is 0.802. The van der Waals surface area contributed by atoms with Gasteiger partial charge in [-0.25, -0.2) is 18.4 Å². The Morgan fingerprint density at radius 3 is 2.78 bits per heavy atom. The van der Waals surface area contributed by atoms with Gasteiger partial charge < -0.3 is 9.64 Å².